The Hall–Kier alpha value is -0.0800. The zero-order valence-electron chi connectivity index (χ0n) is 9.51. The van der Waals surface area contributed by atoms with E-state index in [4.69, 9.17) is 0 Å². The number of likely N-dealkylation sites (tertiary alicyclic amines) is 1. The van der Waals surface area contributed by atoms with Crippen LogP contribution in [0.2, 0.25) is 0 Å². The molecule has 1 heterocycles. The van der Waals surface area contributed by atoms with Crippen molar-refractivity contribution in [1.82, 2.24) is 10.2 Å². The molecule has 0 saturated carbocycles. The van der Waals surface area contributed by atoms with Gasteiger partial charge >= 0.3 is 0 Å². The lowest BCUT2D eigenvalue weighted by atomic mass is 9.97. The van der Waals surface area contributed by atoms with Crippen molar-refractivity contribution in [3.05, 3.63) is 0 Å². The standard InChI is InChI=1S/C11H24N2/c1-9(2)8-13-6-5-11(12-4)7-10(13)3/h9-12H,5-8H2,1-4H3. The molecule has 1 N–H and O–H groups in total. The maximum Gasteiger partial charge on any atom is 0.00910 e. The fourth-order valence-corrected chi connectivity index (χ4v) is 2.22. The highest BCUT2D eigenvalue weighted by molar-refractivity contribution is 4.82. The summed E-state index contributed by atoms with van der Waals surface area (Å²) in [6, 6.07) is 1.51. The highest BCUT2D eigenvalue weighted by Gasteiger charge is 2.24. The van der Waals surface area contributed by atoms with E-state index in [1.165, 1.54) is 25.9 Å². The summed E-state index contributed by atoms with van der Waals surface area (Å²) in [5.74, 6) is 0.800. The number of rotatable bonds is 3. The Bertz CT molecular complexity index is 145. The molecule has 0 spiro atoms. The Kier molecular flexibility index (Phi) is 4.20. The van der Waals surface area contributed by atoms with Crippen LogP contribution < -0.4 is 5.32 Å². The predicted molar refractivity (Wildman–Crippen MR) is 58.0 cm³/mol. The molecule has 1 saturated heterocycles. The van der Waals surface area contributed by atoms with Crippen LogP contribution in [-0.4, -0.2) is 37.1 Å². The van der Waals surface area contributed by atoms with Crippen molar-refractivity contribution in [2.45, 2.75) is 45.7 Å². The van der Waals surface area contributed by atoms with Crippen LogP contribution in [-0.2, 0) is 0 Å². The minimum absolute atomic E-state index is 0.749. The molecule has 2 atom stereocenters. The Morgan fingerprint density at radius 2 is 2.15 bits per heavy atom. The molecule has 1 fully saturated rings. The van der Waals surface area contributed by atoms with Gasteiger partial charge < -0.3 is 10.2 Å². The summed E-state index contributed by atoms with van der Waals surface area (Å²) in [5.41, 5.74) is 0. The van der Waals surface area contributed by atoms with Crippen LogP contribution in [0.3, 0.4) is 0 Å². The van der Waals surface area contributed by atoms with E-state index in [1.54, 1.807) is 0 Å². The fraction of sp³-hybridized carbons (Fsp3) is 1.00. The maximum atomic E-state index is 3.38. The molecule has 2 nitrogen and oxygen atoms in total. The van der Waals surface area contributed by atoms with Gasteiger partial charge in [0.25, 0.3) is 0 Å². The molecule has 0 aromatic heterocycles. The second-order valence-electron chi connectivity index (χ2n) is 4.75. The van der Waals surface area contributed by atoms with Gasteiger partial charge in [0.15, 0.2) is 0 Å². The second-order valence-corrected chi connectivity index (χ2v) is 4.75. The SMILES string of the molecule is CNC1CCN(CC(C)C)C(C)C1. The molecule has 1 rings (SSSR count). The third-order valence-corrected chi connectivity index (χ3v) is 3.02. The first-order chi connectivity index (χ1) is 6.13. The van der Waals surface area contributed by atoms with Gasteiger partial charge in [0.1, 0.15) is 0 Å². The van der Waals surface area contributed by atoms with Crippen LogP contribution in [0, 0.1) is 5.92 Å². The largest absolute Gasteiger partial charge is 0.317 e. The molecular formula is C11H24N2. The van der Waals surface area contributed by atoms with Crippen molar-refractivity contribution in [3.8, 4) is 0 Å². The molecule has 13 heavy (non-hydrogen) atoms. The summed E-state index contributed by atoms with van der Waals surface area (Å²) in [5, 5.41) is 3.38. The van der Waals surface area contributed by atoms with E-state index >= 15 is 0 Å². The van der Waals surface area contributed by atoms with Crippen LogP contribution in [0.5, 0.6) is 0 Å². The molecule has 1 aliphatic heterocycles. The Morgan fingerprint density at radius 1 is 1.46 bits per heavy atom. The normalized spacial score (nSPS) is 31.2. The number of hydrogen-bond donors (Lipinski definition) is 1. The number of nitrogens with zero attached hydrogens (tertiary/aromatic N) is 1. The number of hydrogen-bond acceptors (Lipinski definition) is 2. The first kappa shape index (κ1) is 11.0. The third-order valence-electron chi connectivity index (χ3n) is 3.02. The van der Waals surface area contributed by atoms with Crippen molar-refractivity contribution in [1.29, 1.82) is 0 Å². The van der Waals surface area contributed by atoms with E-state index in [1.807, 2.05) is 0 Å². The summed E-state index contributed by atoms with van der Waals surface area (Å²) in [6.45, 7) is 9.49. The molecule has 0 bridgehead atoms. The molecule has 2 unspecified atom stereocenters. The second kappa shape index (κ2) is 4.97. The zero-order valence-corrected chi connectivity index (χ0v) is 9.51. The Balaban J connectivity index is 2.35. The summed E-state index contributed by atoms with van der Waals surface area (Å²) in [7, 11) is 2.08. The van der Waals surface area contributed by atoms with Crippen molar-refractivity contribution in [2.75, 3.05) is 20.1 Å². The fourth-order valence-electron chi connectivity index (χ4n) is 2.22. The third kappa shape index (κ3) is 3.28. The molecule has 0 amide bonds. The van der Waals surface area contributed by atoms with Crippen molar-refractivity contribution >= 4 is 0 Å². The topological polar surface area (TPSA) is 15.3 Å². The summed E-state index contributed by atoms with van der Waals surface area (Å²) >= 11 is 0. The summed E-state index contributed by atoms with van der Waals surface area (Å²) in [4.78, 5) is 2.62. The highest BCUT2D eigenvalue weighted by atomic mass is 15.2. The molecular weight excluding hydrogens is 160 g/mol. The van der Waals surface area contributed by atoms with Crippen LogP contribution in [0.25, 0.3) is 0 Å². The van der Waals surface area contributed by atoms with E-state index in [-0.39, 0.29) is 0 Å². The zero-order chi connectivity index (χ0) is 9.84. The monoisotopic (exact) mass is 184 g/mol. The minimum Gasteiger partial charge on any atom is -0.317 e. The Morgan fingerprint density at radius 3 is 2.62 bits per heavy atom. The number of nitrogens with one attached hydrogen (secondary N) is 1. The summed E-state index contributed by atoms with van der Waals surface area (Å²) < 4.78 is 0. The van der Waals surface area contributed by atoms with Crippen LogP contribution in [0.15, 0.2) is 0 Å². The van der Waals surface area contributed by atoms with E-state index in [9.17, 15) is 0 Å². The molecule has 78 valence electrons. The maximum absolute atomic E-state index is 3.38. The lowest BCUT2D eigenvalue weighted by Gasteiger charge is -2.38. The molecule has 1 aliphatic rings. The van der Waals surface area contributed by atoms with Crippen molar-refractivity contribution < 1.29 is 0 Å². The molecule has 0 aromatic rings. The average Bonchev–Trinajstić information content (AvgIpc) is 2.08. The van der Waals surface area contributed by atoms with Gasteiger partial charge in [-0.25, -0.2) is 0 Å². The quantitative estimate of drug-likeness (QED) is 0.718. The van der Waals surface area contributed by atoms with Crippen LogP contribution in [0.4, 0.5) is 0 Å². The first-order valence-corrected chi connectivity index (χ1v) is 5.54. The van der Waals surface area contributed by atoms with E-state index in [2.05, 4.69) is 38.0 Å². The van der Waals surface area contributed by atoms with Gasteiger partial charge in [-0.2, -0.15) is 0 Å². The molecule has 0 radical (unpaired) electrons. The summed E-state index contributed by atoms with van der Waals surface area (Å²) in [6.07, 6.45) is 2.62. The van der Waals surface area contributed by atoms with Crippen molar-refractivity contribution in [3.63, 3.8) is 0 Å². The van der Waals surface area contributed by atoms with E-state index < -0.39 is 0 Å². The van der Waals surface area contributed by atoms with Gasteiger partial charge in [-0.15, -0.1) is 0 Å². The predicted octanol–water partition coefficient (Wildman–Crippen LogP) is 1.71. The minimum atomic E-state index is 0.749. The smallest absolute Gasteiger partial charge is 0.00910 e. The Labute approximate surface area is 82.7 Å². The molecule has 0 aromatic carbocycles. The van der Waals surface area contributed by atoms with Gasteiger partial charge in [-0.3, -0.25) is 0 Å². The van der Waals surface area contributed by atoms with E-state index in [0.29, 0.717) is 0 Å². The van der Waals surface area contributed by atoms with Gasteiger partial charge in [-0.05, 0) is 39.3 Å². The van der Waals surface area contributed by atoms with Gasteiger partial charge in [0, 0.05) is 18.6 Å². The number of piperidine rings is 1. The molecule has 0 aliphatic carbocycles. The lowest BCUT2D eigenvalue weighted by molar-refractivity contribution is 0.124. The van der Waals surface area contributed by atoms with Crippen LogP contribution in [0.1, 0.15) is 33.6 Å². The van der Waals surface area contributed by atoms with Crippen LogP contribution >= 0.6 is 0 Å². The van der Waals surface area contributed by atoms with Gasteiger partial charge in [0.2, 0.25) is 0 Å². The highest BCUT2D eigenvalue weighted by Crippen LogP contribution is 2.17. The van der Waals surface area contributed by atoms with E-state index in [0.717, 1.165) is 18.0 Å². The van der Waals surface area contributed by atoms with Gasteiger partial charge in [0.05, 0.1) is 0 Å². The first-order valence-electron chi connectivity index (χ1n) is 5.54. The average molecular weight is 184 g/mol. The van der Waals surface area contributed by atoms with Crippen molar-refractivity contribution in [2.24, 2.45) is 5.92 Å². The van der Waals surface area contributed by atoms with Gasteiger partial charge in [-0.1, -0.05) is 13.8 Å². The molecule has 2 heteroatoms. The lowest BCUT2D eigenvalue weighted by Crippen LogP contribution is -2.47.